The molecule has 12 nitrogen and oxygen atoms in total. The molecule has 1 aromatic carbocycles. The molecule has 0 amide bonds. The molecule has 2 aliphatic rings. The van der Waals surface area contributed by atoms with Crippen LogP contribution in [0.3, 0.4) is 0 Å². The minimum atomic E-state index is -1.08. The number of aliphatic hydroxyl groups excluding tert-OH is 1. The summed E-state index contributed by atoms with van der Waals surface area (Å²) in [5, 5.41) is 23.3. The van der Waals surface area contributed by atoms with Gasteiger partial charge in [-0.2, -0.15) is 14.3 Å². The van der Waals surface area contributed by atoms with Crippen LogP contribution in [0.4, 0.5) is 26.2 Å². The van der Waals surface area contributed by atoms with Gasteiger partial charge in [0.15, 0.2) is 17.5 Å². The highest BCUT2D eigenvalue weighted by molar-refractivity contribution is 5.63. The summed E-state index contributed by atoms with van der Waals surface area (Å²) in [6.45, 7) is 10.6. The van der Waals surface area contributed by atoms with Gasteiger partial charge in [-0.1, -0.05) is 0 Å². The molecule has 2 atom stereocenters. The van der Waals surface area contributed by atoms with Crippen molar-refractivity contribution in [2.24, 2.45) is 7.05 Å². The molecule has 0 bridgehead atoms. The largest absolute Gasteiger partial charge is 0.483 e. The van der Waals surface area contributed by atoms with E-state index in [1.54, 1.807) is 13.8 Å². The monoisotopic (exact) mass is 573 g/mol. The lowest BCUT2D eigenvalue weighted by molar-refractivity contribution is -0.00863. The topological polar surface area (TPSA) is 135 Å². The van der Waals surface area contributed by atoms with Gasteiger partial charge in [0.1, 0.15) is 17.0 Å². The number of nitrogens with one attached hydrogen (secondary N) is 2. The lowest BCUT2D eigenvalue weighted by atomic mass is 9.77. The molecule has 0 radical (unpaired) electrons. The number of benzene rings is 1. The Balaban J connectivity index is 1.44. The molecule has 2 fully saturated rings. The average molecular weight is 574 g/mol. The number of ether oxygens (including phenoxy) is 1. The number of piperidine rings is 1. The van der Waals surface area contributed by atoms with Crippen molar-refractivity contribution in [1.29, 1.82) is 0 Å². The van der Waals surface area contributed by atoms with Gasteiger partial charge in [-0.25, -0.2) is 18.6 Å². The van der Waals surface area contributed by atoms with Crippen LogP contribution < -0.4 is 21.1 Å². The number of fused-ring (bicyclic) bond motifs is 1. The van der Waals surface area contributed by atoms with E-state index in [9.17, 15) is 14.3 Å². The van der Waals surface area contributed by atoms with Crippen LogP contribution in [-0.4, -0.2) is 75.6 Å². The van der Waals surface area contributed by atoms with Crippen molar-refractivity contribution in [1.82, 2.24) is 34.7 Å². The molecular formula is C27H37F2N9O3. The normalized spacial score (nSPS) is 22.4. The number of halogens is 2. The number of tetrazole rings is 1. The molecule has 2 aromatic heterocycles. The van der Waals surface area contributed by atoms with Crippen LogP contribution >= 0.6 is 0 Å². The van der Waals surface area contributed by atoms with Gasteiger partial charge in [0, 0.05) is 30.2 Å². The zero-order chi connectivity index (χ0) is 29.7. The van der Waals surface area contributed by atoms with E-state index in [-0.39, 0.29) is 52.6 Å². The fourth-order valence-corrected chi connectivity index (χ4v) is 6.21. The first kappa shape index (κ1) is 28.9. The second-order valence-corrected chi connectivity index (χ2v) is 12.4. The smallest absolute Gasteiger partial charge is 0.368 e. The molecule has 14 heteroatoms. The number of nitrogens with zero attached hydrogens (tertiary/aromatic N) is 7. The summed E-state index contributed by atoms with van der Waals surface area (Å²) in [5.41, 5.74) is -1.73. The summed E-state index contributed by atoms with van der Waals surface area (Å²) in [6.07, 6.45) is 4.91. The van der Waals surface area contributed by atoms with Gasteiger partial charge in [-0.3, -0.25) is 4.90 Å². The first-order chi connectivity index (χ1) is 19.2. The van der Waals surface area contributed by atoms with Crippen LogP contribution in [-0.2, 0) is 7.05 Å². The second-order valence-electron chi connectivity index (χ2n) is 12.4. The molecule has 2 aliphatic heterocycles. The van der Waals surface area contributed by atoms with E-state index in [0.29, 0.717) is 0 Å². The van der Waals surface area contributed by atoms with Crippen molar-refractivity contribution in [2.75, 3.05) is 23.8 Å². The van der Waals surface area contributed by atoms with Crippen molar-refractivity contribution in [3.8, 4) is 11.4 Å². The number of hydrogen-bond donors (Lipinski definition) is 3. The van der Waals surface area contributed by atoms with Crippen molar-refractivity contribution in [2.45, 2.75) is 83.0 Å². The first-order valence-electron chi connectivity index (χ1n) is 13.7. The van der Waals surface area contributed by atoms with Crippen LogP contribution in [0, 0.1) is 11.6 Å². The molecule has 41 heavy (non-hydrogen) atoms. The Morgan fingerprint density at radius 2 is 1.93 bits per heavy atom. The number of anilines is 3. The van der Waals surface area contributed by atoms with Gasteiger partial charge in [0.2, 0.25) is 5.95 Å². The van der Waals surface area contributed by atoms with E-state index in [4.69, 9.17) is 4.74 Å². The standard InChI is InChI=1S/C27H37F2N9O3/c1-25(2)12-16(13-27(5)8-7-9-37(25)27)31-22-18(29)14-30-23(33-22)32-19-11-20(38-24(40)36(6)34-35-38)21(10-17(19)28)41-26(3,4)15-39/h10-11,14,16,39H,7-9,12-13,15H2,1-6H3,(H2,30,31,32,33)/t16-,27-/m0/s1. The molecule has 2 saturated heterocycles. The van der Waals surface area contributed by atoms with Crippen LogP contribution in [0.15, 0.2) is 23.1 Å². The van der Waals surface area contributed by atoms with Gasteiger partial charge in [0.05, 0.1) is 18.5 Å². The zero-order valence-electron chi connectivity index (χ0n) is 24.2. The Labute approximate surface area is 236 Å². The summed E-state index contributed by atoms with van der Waals surface area (Å²) >= 11 is 0. The highest BCUT2D eigenvalue weighted by Gasteiger charge is 2.50. The molecule has 0 saturated carbocycles. The fourth-order valence-electron chi connectivity index (χ4n) is 6.21. The van der Waals surface area contributed by atoms with E-state index < -0.39 is 22.9 Å². The highest BCUT2D eigenvalue weighted by Crippen LogP contribution is 2.45. The summed E-state index contributed by atoms with van der Waals surface area (Å²) in [6, 6.07) is 2.35. The lowest BCUT2D eigenvalue weighted by Gasteiger charge is -2.53. The number of rotatable bonds is 8. The predicted molar refractivity (Wildman–Crippen MR) is 149 cm³/mol. The van der Waals surface area contributed by atoms with Gasteiger partial charge < -0.3 is 20.5 Å². The van der Waals surface area contributed by atoms with E-state index in [0.717, 1.165) is 53.9 Å². The first-order valence-corrected chi connectivity index (χ1v) is 13.7. The molecule has 5 rings (SSSR count). The SMILES string of the molecule is Cn1nnn(-c2cc(Nc3ncc(F)c(N[C@H]4CC(C)(C)N5CCC[C@@]5(C)C4)n3)c(F)cc2OC(C)(C)CO)c1=O. The summed E-state index contributed by atoms with van der Waals surface area (Å²) < 4.78 is 38.0. The van der Waals surface area contributed by atoms with Gasteiger partial charge >= 0.3 is 5.69 Å². The van der Waals surface area contributed by atoms with Gasteiger partial charge in [-0.15, -0.1) is 0 Å². The third-order valence-corrected chi connectivity index (χ3v) is 8.01. The van der Waals surface area contributed by atoms with Crippen LogP contribution in [0.5, 0.6) is 5.75 Å². The average Bonchev–Trinajstić information content (AvgIpc) is 3.44. The van der Waals surface area contributed by atoms with E-state index >= 15 is 4.39 Å². The maximum atomic E-state index is 15.3. The Kier molecular flexibility index (Phi) is 7.26. The van der Waals surface area contributed by atoms with E-state index in [1.165, 1.54) is 13.1 Å². The van der Waals surface area contributed by atoms with Crippen molar-refractivity contribution in [3.05, 3.63) is 40.4 Å². The molecule has 222 valence electrons. The van der Waals surface area contributed by atoms with Crippen molar-refractivity contribution >= 4 is 17.5 Å². The highest BCUT2D eigenvalue weighted by atomic mass is 19.1. The molecule has 0 unspecified atom stereocenters. The van der Waals surface area contributed by atoms with Crippen LogP contribution in [0.25, 0.3) is 5.69 Å². The quantitative estimate of drug-likeness (QED) is 0.369. The van der Waals surface area contributed by atoms with Gasteiger partial charge in [-0.05, 0) is 83.3 Å². The van der Waals surface area contributed by atoms with Gasteiger partial charge in [0.25, 0.3) is 0 Å². The van der Waals surface area contributed by atoms with E-state index in [1.807, 2.05) is 0 Å². The van der Waals surface area contributed by atoms with Crippen molar-refractivity contribution in [3.63, 3.8) is 0 Å². The molecule has 0 spiro atoms. The summed E-state index contributed by atoms with van der Waals surface area (Å²) in [7, 11) is 1.42. The maximum absolute atomic E-state index is 15.3. The molecule has 3 aromatic rings. The fraction of sp³-hybridized carbons (Fsp3) is 0.593. The van der Waals surface area contributed by atoms with Crippen LogP contribution in [0.1, 0.15) is 60.3 Å². The molecule has 3 N–H and O–H groups in total. The predicted octanol–water partition coefficient (Wildman–Crippen LogP) is 3.13. The second kappa shape index (κ2) is 10.3. The number of aliphatic hydroxyl groups is 1. The Hall–Kier alpha value is -3.65. The van der Waals surface area contributed by atoms with Crippen molar-refractivity contribution < 1.29 is 18.6 Å². The Bertz CT molecular complexity index is 1510. The third kappa shape index (κ3) is 5.62. The third-order valence-electron chi connectivity index (χ3n) is 8.01. The van der Waals surface area contributed by atoms with E-state index in [2.05, 4.69) is 56.7 Å². The number of hydrogen-bond acceptors (Lipinski definition) is 10. The minimum absolute atomic E-state index is 0.0141. The van der Waals surface area contributed by atoms with Crippen LogP contribution in [0.2, 0.25) is 0 Å². The number of aryl methyl sites for hydroxylation is 1. The summed E-state index contributed by atoms with van der Waals surface area (Å²) in [4.78, 5) is 23.5. The Morgan fingerprint density at radius 1 is 1.17 bits per heavy atom. The molecule has 0 aliphatic carbocycles. The lowest BCUT2D eigenvalue weighted by Crippen LogP contribution is -2.61. The molecular weight excluding hydrogens is 536 g/mol. The minimum Gasteiger partial charge on any atom is -0.483 e. The zero-order valence-corrected chi connectivity index (χ0v) is 24.2. The molecule has 4 heterocycles. The summed E-state index contributed by atoms with van der Waals surface area (Å²) in [5.74, 6) is -1.42. The maximum Gasteiger partial charge on any atom is 0.368 e. The number of aromatic nitrogens is 6. The Morgan fingerprint density at radius 3 is 2.61 bits per heavy atom.